The second kappa shape index (κ2) is 8.41. The molecule has 3 aromatic rings. The quantitative estimate of drug-likeness (QED) is 0.398. The predicted octanol–water partition coefficient (Wildman–Crippen LogP) is 3.72. The molecule has 1 aromatic heterocycles. The fourth-order valence-corrected chi connectivity index (χ4v) is 2.46. The Morgan fingerprint density at radius 3 is 2.41 bits per heavy atom. The fourth-order valence-electron chi connectivity index (χ4n) is 2.46. The summed E-state index contributed by atoms with van der Waals surface area (Å²) in [6, 6.07) is 22.1. The van der Waals surface area contributed by atoms with Gasteiger partial charge in [-0.2, -0.15) is 5.26 Å². The Labute approximate surface area is 157 Å². The molecule has 0 aliphatic rings. The average Bonchev–Trinajstić information content (AvgIpc) is 3.22. The van der Waals surface area contributed by atoms with Gasteiger partial charge in [0.05, 0.1) is 12.8 Å². The Hall–Kier alpha value is -3.98. The highest BCUT2D eigenvalue weighted by Gasteiger charge is 2.14. The van der Waals surface area contributed by atoms with Gasteiger partial charge in [0.1, 0.15) is 17.4 Å². The molecular formula is C21H18N4O2. The van der Waals surface area contributed by atoms with Gasteiger partial charge in [-0.3, -0.25) is 4.79 Å². The molecular weight excluding hydrogens is 340 g/mol. The number of hydrogen-bond acceptors (Lipinski definition) is 5. The largest absolute Gasteiger partial charge is 0.467 e. The van der Waals surface area contributed by atoms with Crippen LogP contribution in [0.15, 0.2) is 89.2 Å². The molecule has 3 N–H and O–H groups in total. The molecule has 3 rings (SSSR count). The minimum atomic E-state index is -0.481. The summed E-state index contributed by atoms with van der Waals surface area (Å²) in [6.45, 7) is 0.206. The van der Waals surface area contributed by atoms with Crippen molar-refractivity contribution >= 4 is 23.0 Å². The Morgan fingerprint density at radius 2 is 1.78 bits per heavy atom. The highest BCUT2D eigenvalue weighted by atomic mass is 16.3. The van der Waals surface area contributed by atoms with Crippen molar-refractivity contribution in [3.05, 3.63) is 90.5 Å². The molecule has 134 valence electrons. The summed E-state index contributed by atoms with van der Waals surface area (Å²) in [5.41, 5.74) is 7.97. The Bertz CT molecular complexity index is 956. The van der Waals surface area contributed by atoms with Gasteiger partial charge < -0.3 is 20.4 Å². The number of nitrogen functional groups attached to an aromatic ring is 1. The van der Waals surface area contributed by atoms with Crippen molar-refractivity contribution in [1.29, 1.82) is 5.26 Å². The molecule has 6 heteroatoms. The molecule has 27 heavy (non-hydrogen) atoms. The van der Waals surface area contributed by atoms with Gasteiger partial charge in [0.15, 0.2) is 0 Å². The van der Waals surface area contributed by atoms with Crippen LogP contribution in [-0.2, 0) is 11.3 Å². The molecule has 0 bridgehead atoms. The first-order valence-corrected chi connectivity index (χ1v) is 8.29. The van der Waals surface area contributed by atoms with Gasteiger partial charge in [-0.15, -0.1) is 0 Å². The third-order valence-electron chi connectivity index (χ3n) is 3.83. The molecule has 1 amide bonds. The van der Waals surface area contributed by atoms with Gasteiger partial charge in [0, 0.05) is 23.3 Å². The van der Waals surface area contributed by atoms with Gasteiger partial charge in [-0.05, 0) is 48.5 Å². The van der Waals surface area contributed by atoms with E-state index in [1.54, 1.807) is 29.2 Å². The van der Waals surface area contributed by atoms with Crippen molar-refractivity contribution in [2.75, 3.05) is 10.6 Å². The number of furan rings is 1. The SMILES string of the molecule is N#C/C(=C/N(c1ccccc1)c1ccc(N)cc1)C(=O)NCc1ccco1. The van der Waals surface area contributed by atoms with Crippen molar-refractivity contribution in [3.63, 3.8) is 0 Å². The Kier molecular flexibility index (Phi) is 5.55. The minimum absolute atomic E-state index is 0.0257. The lowest BCUT2D eigenvalue weighted by atomic mass is 10.2. The van der Waals surface area contributed by atoms with E-state index < -0.39 is 5.91 Å². The van der Waals surface area contributed by atoms with E-state index >= 15 is 0 Å². The maximum absolute atomic E-state index is 12.4. The third-order valence-corrected chi connectivity index (χ3v) is 3.83. The molecule has 0 saturated carbocycles. The molecule has 1 heterocycles. The van der Waals surface area contributed by atoms with Gasteiger partial charge in [-0.1, -0.05) is 18.2 Å². The van der Waals surface area contributed by atoms with E-state index in [9.17, 15) is 10.1 Å². The van der Waals surface area contributed by atoms with E-state index in [1.165, 1.54) is 12.5 Å². The van der Waals surface area contributed by atoms with Crippen molar-refractivity contribution in [2.45, 2.75) is 6.54 Å². The average molecular weight is 358 g/mol. The number of nitrogens with zero attached hydrogens (tertiary/aromatic N) is 2. The number of rotatable bonds is 6. The lowest BCUT2D eigenvalue weighted by Crippen LogP contribution is -2.25. The van der Waals surface area contributed by atoms with Gasteiger partial charge in [0.2, 0.25) is 0 Å². The van der Waals surface area contributed by atoms with Crippen LogP contribution in [0.1, 0.15) is 5.76 Å². The zero-order valence-corrected chi connectivity index (χ0v) is 14.5. The van der Waals surface area contributed by atoms with Crippen molar-refractivity contribution in [1.82, 2.24) is 5.32 Å². The number of benzene rings is 2. The predicted molar refractivity (Wildman–Crippen MR) is 104 cm³/mol. The van der Waals surface area contributed by atoms with Crippen LogP contribution in [0.5, 0.6) is 0 Å². The maximum atomic E-state index is 12.4. The molecule has 2 aromatic carbocycles. The number of nitrogens with one attached hydrogen (secondary N) is 1. The minimum Gasteiger partial charge on any atom is -0.467 e. The van der Waals surface area contributed by atoms with E-state index in [-0.39, 0.29) is 12.1 Å². The smallest absolute Gasteiger partial charge is 0.263 e. The number of anilines is 3. The van der Waals surface area contributed by atoms with Gasteiger partial charge in [-0.25, -0.2) is 0 Å². The van der Waals surface area contributed by atoms with E-state index in [2.05, 4.69) is 5.32 Å². The van der Waals surface area contributed by atoms with Crippen LogP contribution in [0.25, 0.3) is 0 Å². The number of para-hydroxylation sites is 1. The second-order valence-corrected chi connectivity index (χ2v) is 5.71. The van der Waals surface area contributed by atoms with Crippen LogP contribution in [0.3, 0.4) is 0 Å². The van der Waals surface area contributed by atoms with Crippen LogP contribution < -0.4 is 16.0 Å². The summed E-state index contributed by atoms with van der Waals surface area (Å²) in [5, 5.41) is 12.2. The highest BCUT2D eigenvalue weighted by Crippen LogP contribution is 2.27. The van der Waals surface area contributed by atoms with Crippen molar-refractivity contribution in [3.8, 4) is 6.07 Å². The van der Waals surface area contributed by atoms with Crippen LogP contribution in [0.2, 0.25) is 0 Å². The van der Waals surface area contributed by atoms with Crippen LogP contribution in [-0.4, -0.2) is 5.91 Å². The van der Waals surface area contributed by atoms with E-state index in [1.807, 2.05) is 48.5 Å². The molecule has 0 aliphatic heterocycles. The summed E-state index contributed by atoms with van der Waals surface area (Å²) in [7, 11) is 0. The molecule has 0 fully saturated rings. The summed E-state index contributed by atoms with van der Waals surface area (Å²) >= 11 is 0. The number of nitrogens with two attached hydrogens (primary N) is 1. The van der Waals surface area contributed by atoms with Crippen LogP contribution in [0.4, 0.5) is 17.1 Å². The van der Waals surface area contributed by atoms with E-state index in [4.69, 9.17) is 10.2 Å². The second-order valence-electron chi connectivity index (χ2n) is 5.71. The number of carbonyl (C=O) groups is 1. The van der Waals surface area contributed by atoms with Gasteiger partial charge in [0.25, 0.3) is 5.91 Å². The van der Waals surface area contributed by atoms with Gasteiger partial charge >= 0.3 is 0 Å². The number of amides is 1. The highest BCUT2D eigenvalue weighted by molar-refractivity contribution is 5.98. The molecule has 0 spiro atoms. The molecule has 0 saturated heterocycles. The molecule has 0 radical (unpaired) electrons. The maximum Gasteiger partial charge on any atom is 0.263 e. The molecule has 6 nitrogen and oxygen atoms in total. The van der Waals surface area contributed by atoms with E-state index in [0.717, 1.165) is 11.4 Å². The first-order chi connectivity index (χ1) is 13.2. The lowest BCUT2D eigenvalue weighted by molar-refractivity contribution is -0.117. The first kappa shape index (κ1) is 17.8. The summed E-state index contributed by atoms with van der Waals surface area (Å²) in [6.07, 6.45) is 3.04. The third kappa shape index (κ3) is 4.55. The monoisotopic (exact) mass is 358 g/mol. The lowest BCUT2D eigenvalue weighted by Gasteiger charge is -2.21. The zero-order valence-electron chi connectivity index (χ0n) is 14.5. The number of hydrogen-bond donors (Lipinski definition) is 2. The standard InChI is InChI=1S/C21H18N4O2/c22-13-16(21(26)24-14-20-7-4-12-27-20)15-25(18-5-2-1-3-6-18)19-10-8-17(23)9-11-19/h1-12,15H,14,23H2,(H,24,26)/b16-15-. The summed E-state index contributed by atoms with van der Waals surface area (Å²) in [4.78, 5) is 14.2. The molecule has 0 atom stereocenters. The topological polar surface area (TPSA) is 95.3 Å². The molecule has 0 unspecified atom stereocenters. The normalized spacial score (nSPS) is 10.9. The van der Waals surface area contributed by atoms with Crippen LogP contribution in [0, 0.1) is 11.3 Å². The number of nitriles is 1. The van der Waals surface area contributed by atoms with Crippen molar-refractivity contribution < 1.29 is 9.21 Å². The number of carbonyl (C=O) groups excluding carboxylic acids is 1. The van der Waals surface area contributed by atoms with Crippen LogP contribution >= 0.6 is 0 Å². The zero-order chi connectivity index (χ0) is 19.1. The molecule has 0 aliphatic carbocycles. The fraction of sp³-hybridized carbons (Fsp3) is 0.0476. The summed E-state index contributed by atoms with van der Waals surface area (Å²) in [5.74, 6) is 0.129. The Morgan fingerprint density at radius 1 is 1.07 bits per heavy atom. The first-order valence-electron chi connectivity index (χ1n) is 8.29. The Balaban J connectivity index is 1.89. The van der Waals surface area contributed by atoms with E-state index in [0.29, 0.717) is 11.4 Å². The van der Waals surface area contributed by atoms with Crippen molar-refractivity contribution in [2.24, 2.45) is 0 Å². The summed E-state index contributed by atoms with van der Waals surface area (Å²) < 4.78 is 5.19.